The lowest BCUT2D eigenvalue weighted by molar-refractivity contribution is -0.386. The molecule has 0 radical (unpaired) electrons. The smallest absolute Gasteiger partial charge is 0.342 e. The number of nitrogens with zero attached hydrogens (tertiary/aromatic N) is 1. The molecule has 0 aromatic heterocycles. The zero-order valence-electron chi connectivity index (χ0n) is 10.9. The average Bonchev–Trinajstić information content (AvgIpc) is 2.42. The topological polar surface area (TPSA) is 108 Å². The molecule has 8 heteroatoms. The van der Waals surface area contributed by atoms with E-state index in [9.17, 15) is 14.9 Å². The summed E-state index contributed by atoms with van der Waals surface area (Å²) in [5.41, 5.74) is -0.968. The maximum Gasteiger partial charge on any atom is 0.342 e. The standard InChI is InChI=1S/C12H15NO7/c1-18-5-6-19-7-8-20-10-4-2-3-9(12(14)15)11(10)13(16)17/h2-4H,5-8H2,1H3,(H,14,15). The van der Waals surface area contributed by atoms with Gasteiger partial charge in [-0.3, -0.25) is 10.1 Å². The molecule has 20 heavy (non-hydrogen) atoms. The number of nitro benzene ring substituents is 1. The van der Waals surface area contributed by atoms with Gasteiger partial charge in [-0.2, -0.15) is 0 Å². The SMILES string of the molecule is COCCOCCOc1cccc(C(=O)O)c1[N+](=O)[O-]. The molecule has 1 aromatic rings. The number of hydrogen-bond acceptors (Lipinski definition) is 6. The third-order valence-electron chi connectivity index (χ3n) is 2.33. The predicted molar refractivity (Wildman–Crippen MR) is 68.2 cm³/mol. The van der Waals surface area contributed by atoms with Gasteiger partial charge in [-0.05, 0) is 12.1 Å². The number of carbonyl (C=O) groups is 1. The summed E-state index contributed by atoms with van der Waals surface area (Å²) in [4.78, 5) is 21.1. The molecule has 0 atom stereocenters. The highest BCUT2D eigenvalue weighted by Gasteiger charge is 2.25. The summed E-state index contributed by atoms with van der Waals surface area (Å²) in [7, 11) is 1.54. The van der Waals surface area contributed by atoms with Crippen molar-refractivity contribution in [2.75, 3.05) is 33.5 Å². The molecule has 0 bridgehead atoms. The van der Waals surface area contributed by atoms with E-state index in [-0.39, 0.29) is 19.0 Å². The minimum atomic E-state index is -1.38. The van der Waals surface area contributed by atoms with Crippen LogP contribution in [0.2, 0.25) is 0 Å². The Morgan fingerprint density at radius 2 is 2.00 bits per heavy atom. The van der Waals surface area contributed by atoms with Crippen molar-refractivity contribution >= 4 is 11.7 Å². The fraction of sp³-hybridized carbons (Fsp3) is 0.417. The number of carboxylic acid groups (broad SMARTS) is 1. The second-order valence-electron chi connectivity index (χ2n) is 3.67. The van der Waals surface area contributed by atoms with Crippen molar-refractivity contribution in [3.05, 3.63) is 33.9 Å². The third kappa shape index (κ3) is 4.48. The number of carboxylic acids is 1. The first-order valence-corrected chi connectivity index (χ1v) is 5.78. The average molecular weight is 285 g/mol. The van der Waals surface area contributed by atoms with Gasteiger partial charge in [0.2, 0.25) is 0 Å². The molecular weight excluding hydrogens is 270 g/mol. The molecule has 1 aromatic carbocycles. The summed E-state index contributed by atoms with van der Waals surface area (Å²) < 4.78 is 15.1. The maximum atomic E-state index is 10.9. The number of methoxy groups -OCH3 is 1. The van der Waals surface area contributed by atoms with E-state index < -0.39 is 22.1 Å². The number of nitro groups is 1. The Balaban J connectivity index is 2.67. The second-order valence-corrected chi connectivity index (χ2v) is 3.67. The summed E-state index contributed by atoms with van der Waals surface area (Å²) in [6.07, 6.45) is 0. The Kier molecular flexibility index (Phi) is 6.41. The fourth-order valence-corrected chi connectivity index (χ4v) is 1.45. The number of ether oxygens (including phenoxy) is 3. The van der Waals surface area contributed by atoms with E-state index in [4.69, 9.17) is 19.3 Å². The molecule has 0 fully saturated rings. The van der Waals surface area contributed by atoms with Crippen molar-refractivity contribution < 1.29 is 29.0 Å². The highest BCUT2D eigenvalue weighted by Crippen LogP contribution is 2.30. The van der Waals surface area contributed by atoms with Crippen LogP contribution in [0.15, 0.2) is 18.2 Å². The number of para-hydroxylation sites is 1. The largest absolute Gasteiger partial charge is 0.484 e. The van der Waals surface area contributed by atoms with E-state index in [0.717, 1.165) is 6.07 Å². The normalized spacial score (nSPS) is 10.2. The lowest BCUT2D eigenvalue weighted by Crippen LogP contribution is -2.11. The van der Waals surface area contributed by atoms with E-state index in [2.05, 4.69) is 0 Å². The molecule has 0 spiro atoms. The Hall–Kier alpha value is -2.19. The van der Waals surface area contributed by atoms with Crippen LogP contribution >= 0.6 is 0 Å². The van der Waals surface area contributed by atoms with Crippen LogP contribution in [-0.4, -0.2) is 49.5 Å². The van der Waals surface area contributed by atoms with Gasteiger partial charge in [0.15, 0.2) is 5.75 Å². The summed E-state index contributed by atoms with van der Waals surface area (Å²) in [6.45, 7) is 1.12. The first-order valence-electron chi connectivity index (χ1n) is 5.78. The number of benzene rings is 1. The van der Waals surface area contributed by atoms with Crippen LogP contribution in [0.3, 0.4) is 0 Å². The number of hydrogen-bond donors (Lipinski definition) is 1. The van der Waals surface area contributed by atoms with Crippen LogP contribution in [0.25, 0.3) is 0 Å². The zero-order chi connectivity index (χ0) is 15.0. The minimum absolute atomic E-state index is 0.0770. The molecule has 0 saturated heterocycles. The Bertz CT molecular complexity index is 475. The zero-order valence-corrected chi connectivity index (χ0v) is 10.9. The van der Waals surface area contributed by atoms with Gasteiger partial charge in [0.25, 0.3) is 0 Å². The monoisotopic (exact) mass is 285 g/mol. The first kappa shape index (κ1) is 15.9. The van der Waals surface area contributed by atoms with Crippen molar-refractivity contribution in [3.8, 4) is 5.75 Å². The van der Waals surface area contributed by atoms with Crippen LogP contribution < -0.4 is 4.74 Å². The van der Waals surface area contributed by atoms with E-state index in [0.29, 0.717) is 13.2 Å². The van der Waals surface area contributed by atoms with Gasteiger partial charge in [0, 0.05) is 7.11 Å². The van der Waals surface area contributed by atoms with Gasteiger partial charge in [-0.25, -0.2) is 4.79 Å². The van der Waals surface area contributed by atoms with Gasteiger partial charge in [-0.15, -0.1) is 0 Å². The summed E-state index contributed by atoms with van der Waals surface area (Å²) in [5.74, 6) is -1.47. The van der Waals surface area contributed by atoms with Crippen molar-refractivity contribution in [3.63, 3.8) is 0 Å². The molecule has 110 valence electrons. The van der Waals surface area contributed by atoms with Crippen molar-refractivity contribution in [2.45, 2.75) is 0 Å². The van der Waals surface area contributed by atoms with E-state index in [1.165, 1.54) is 12.1 Å². The Morgan fingerprint density at radius 3 is 2.60 bits per heavy atom. The van der Waals surface area contributed by atoms with Gasteiger partial charge < -0.3 is 19.3 Å². The lowest BCUT2D eigenvalue weighted by Gasteiger charge is -2.08. The molecule has 8 nitrogen and oxygen atoms in total. The molecule has 0 aliphatic rings. The van der Waals surface area contributed by atoms with Crippen LogP contribution in [-0.2, 0) is 9.47 Å². The predicted octanol–water partition coefficient (Wildman–Crippen LogP) is 1.33. The van der Waals surface area contributed by atoms with Crippen molar-refractivity contribution in [2.24, 2.45) is 0 Å². The van der Waals surface area contributed by atoms with Gasteiger partial charge in [0.1, 0.15) is 12.2 Å². The minimum Gasteiger partial charge on any atom is -0.484 e. The quantitative estimate of drug-likeness (QED) is 0.414. The molecule has 0 heterocycles. The number of aromatic carboxylic acids is 1. The van der Waals surface area contributed by atoms with Crippen molar-refractivity contribution in [1.82, 2.24) is 0 Å². The van der Waals surface area contributed by atoms with Crippen LogP contribution in [0.1, 0.15) is 10.4 Å². The molecule has 0 unspecified atom stereocenters. The molecule has 1 rings (SSSR count). The second kappa shape index (κ2) is 8.08. The highest BCUT2D eigenvalue weighted by atomic mass is 16.6. The van der Waals surface area contributed by atoms with Gasteiger partial charge in [0.05, 0.1) is 24.7 Å². The molecule has 0 saturated carbocycles. The number of rotatable bonds is 9. The van der Waals surface area contributed by atoms with Crippen LogP contribution in [0.5, 0.6) is 5.75 Å². The molecule has 0 aliphatic carbocycles. The van der Waals surface area contributed by atoms with E-state index in [1.807, 2.05) is 0 Å². The van der Waals surface area contributed by atoms with E-state index in [1.54, 1.807) is 7.11 Å². The van der Waals surface area contributed by atoms with Crippen molar-refractivity contribution in [1.29, 1.82) is 0 Å². The Labute approximate surface area is 115 Å². The summed E-state index contributed by atoms with van der Waals surface area (Å²) in [5, 5.41) is 19.8. The summed E-state index contributed by atoms with van der Waals surface area (Å²) in [6, 6.07) is 3.89. The third-order valence-corrected chi connectivity index (χ3v) is 2.33. The molecule has 0 aliphatic heterocycles. The van der Waals surface area contributed by atoms with Crippen LogP contribution in [0.4, 0.5) is 5.69 Å². The molecular formula is C12H15NO7. The van der Waals surface area contributed by atoms with Crippen LogP contribution in [0, 0.1) is 10.1 Å². The fourth-order valence-electron chi connectivity index (χ4n) is 1.45. The summed E-state index contributed by atoms with van der Waals surface area (Å²) >= 11 is 0. The van der Waals surface area contributed by atoms with E-state index >= 15 is 0 Å². The molecule has 0 amide bonds. The lowest BCUT2D eigenvalue weighted by atomic mass is 10.1. The van der Waals surface area contributed by atoms with Gasteiger partial charge >= 0.3 is 11.7 Å². The highest BCUT2D eigenvalue weighted by molar-refractivity contribution is 5.93. The Morgan fingerprint density at radius 1 is 1.30 bits per heavy atom. The van der Waals surface area contributed by atoms with Gasteiger partial charge in [-0.1, -0.05) is 6.07 Å². The molecule has 1 N–H and O–H groups in total. The first-order chi connectivity index (χ1) is 9.57. The maximum absolute atomic E-state index is 10.9.